The van der Waals surface area contributed by atoms with Crippen molar-refractivity contribution in [3.63, 3.8) is 0 Å². The normalized spacial score (nSPS) is 10.8. The number of nitrogens with one attached hydrogen (secondary N) is 2. The summed E-state index contributed by atoms with van der Waals surface area (Å²) >= 11 is 0. The molecule has 0 heterocycles. The SMILES string of the molecule is CCNCc1ccc(N(C)CC(=O)NCC(C)C)c(C)c1. The smallest absolute Gasteiger partial charge is 0.239 e. The van der Waals surface area contributed by atoms with E-state index in [4.69, 9.17) is 0 Å². The van der Waals surface area contributed by atoms with Crippen LogP contribution in [0.2, 0.25) is 0 Å². The first kappa shape index (κ1) is 17.5. The molecule has 0 unspecified atom stereocenters. The maximum atomic E-state index is 11.9. The molecule has 0 radical (unpaired) electrons. The van der Waals surface area contributed by atoms with Crippen LogP contribution < -0.4 is 15.5 Å². The van der Waals surface area contributed by atoms with Gasteiger partial charge in [0.15, 0.2) is 0 Å². The minimum absolute atomic E-state index is 0.0716. The van der Waals surface area contributed by atoms with Crippen LogP contribution in [0.1, 0.15) is 31.9 Å². The van der Waals surface area contributed by atoms with Crippen LogP contribution in [-0.4, -0.2) is 32.6 Å². The second kappa shape index (κ2) is 8.67. The molecular formula is C17H29N3O. The van der Waals surface area contributed by atoms with Crippen LogP contribution in [0.4, 0.5) is 5.69 Å². The van der Waals surface area contributed by atoms with Gasteiger partial charge in [-0.25, -0.2) is 0 Å². The highest BCUT2D eigenvalue weighted by Crippen LogP contribution is 2.20. The number of carbonyl (C=O) groups excluding carboxylic acids is 1. The van der Waals surface area contributed by atoms with E-state index in [2.05, 4.69) is 56.5 Å². The number of aryl methyl sites for hydroxylation is 1. The van der Waals surface area contributed by atoms with Gasteiger partial charge in [0.1, 0.15) is 0 Å². The molecule has 4 nitrogen and oxygen atoms in total. The van der Waals surface area contributed by atoms with E-state index in [1.165, 1.54) is 11.1 Å². The van der Waals surface area contributed by atoms with Crippen LogP contribution in [0.5, 0.6) is 0 Å². The number of carbonyl (C=O) groups is 1. The van der Waals surface area contributed by atoms with E-state index in [1.807, 2.05) is 11.9 Å². The average Bonchev–Trinajstić information content (AvgIpc) is 2.42. The molecule has 0 spiro atoms. The molecule has 0 fully saturated rings. The summed E-state index contributed by atoms with van der Waals surface area (Å²) in [6.07, 6.45) is 0. The van der Waals surface area contributed by atoms with Crippen molar-refractivity contribution in [1.82, 2.24) is 10.6 Å². The zero-order valence-electron chi connectivity index (χ0n) is 14.0. The fourth-order valence-electron chi connectivity index (χ4n) is 2.20. The zero-order chi connectivity index (χ0) is 15.8. The molecule has 1 amide bonds. The zero-order valence-corrected chi connectivity index (χ0v) is 14.0. The molecule has 4 heteroatoms. The van der Waals surface area contributed by atoms with Gasteiger partial charge in [0.25, 0.3) is 0 Å². The van der Waals surface area contributed by atoms with Crippen molar-refractivity contribution in [2.45, 2.75) is 34.2 Å². The van der Waals surface area contributed by atoms with Gasteiger partial charge in [-0.05, 0) is 36.6 Å². The third-order valence-electron chi connectivity index (χ3n) is 3.34. The van der Waals surface area contributed by atoms with E-state index in [0.29, 0.717) is 12.5 Å². The molecule has 1 rings (SSSR count). The topological polar surface area (TPSA) is 44.4 Å². The molecule has 0 aliphatic rings. The standard InChI is InChI=1S/C17H29N3O/c1-6-18-11-15-7-8-16(14(4)9-15)20(5)12-17(21)19-10-13(2)3/h7-9,13,18H,6,10-12H2,1-5H3,(H,19,21). The maximum Gasteiger partial charge on any atom is 0.239 e. The molecule has 2 N–H and O–H groups in total. The summed E-state index contributed by atoms with van der Waals surface area (Å²) in [6, 6.07) is 6.39. The number of rotatable bonds is 8. The summed E-state index contributed by atoms with van der Waals surface area (Å²) in [5.74, 6) is 0.550. The lowest BCUT2D eigenvalue weighted by molar-refractivity contribution is -0.119. The Balaban J connectivity index is 2.61. The summed E-state index contributed by atoms with van der Waals surface area (Å²) in [4.78, 5) is 13.9. The van der Waals surface area contributed by atoms with Crippen molar-refractivity contribution in [1.29, 1.82) is 0 Å². The molecule has 21 heavy (non-hydrogen) atoms. The van der Waals surface area contributed by atoms with Gasteiger partial charge >= 0.3 is 0 Å². The van der Waals surface area contributed by atoms with Gasteiger partial charge in [-0.15, -0.1) is 0 Å². The highest BCUT2D eigenvalue weighted by Gasteiger charge is 2.10. The number of likely N-dealkylation sites (N-methyl/N-ethyl adjacent to an activating group) is 1. The van der Waals surface area contributed by atoms with E-state index in [9.17, 15) is 4.79 Å². The van der Waals surface area contributed by atoms with Crippen LogP contribution in [0.15, 0.2) is 18.2 Å². The fourth-order valence-corrected chi connectivity index (χ4v) is 2.20. The lowest BCUT2D eigenvalue weighted by atomic mass is 10.1. The predicted octanol–water partition coefficient (Wildman–Crippen LogP) is 2.31. The van der Waals surface area contributed by atoms with E-state index < -0.39 is 0 Å². The third-order valence-corrected chi connectivity index (χ3v) is 3.34. The summed E-state index contributed by atoms with van der Waals surface area (Å²) in [5.41, 5.74) is 3.58. The molecule has 0 bridgehead atoms. The largest absolute Gasteiger partial charge is 0.365 e. The van der Waals surface area contributed by atoms with Gasteiger partial charge in [-0.3, -0.25) is 4.79 Å². The van der Waals surface area contributed by atoms with E-state index >= 15 is 0 Å². The fraction of sp³-hybridized carbons (Fsp3) is 0.588. The third kappa shape index (κ3) is 6.17. The molecule has 1 aromatic carbocycles. The van der Waals surface area contributed by atoms with Crippen molar-refractivity contribution >= 4 is 11.6 Å². The summed E-state index contributed by atoms with van der Waals surface area (Å²) in [7, 11) is 1.96. The van der Waals surface area contributed by atoms with E-state index in [1.54, 1.807) is 0 Å². The minimum atomic E-state index is 0.0716. The number of anilines is 1. The molecule has 0 saturated carbocycles. The van der Waals surface area contributed by atoms with Crippen LogP contribution in [0, 0.1) is 12.8 Å². The van der Waals surface area contributed by atoms with Gasteiger partial charge < -0.3 is 15.5 Å². The Bertz CT molecular complexity index is 457. The molecule has 0 aliphatic carbocycles. The quantitative estimate of drug-likeness (QED) is 0.772. The van der Waals surface area contributed by atoms with Crippen LogP contribution in [-0.2, 0) is 11.3 Å². The number of hydrogen-bond donors (Lipinski definition) is 2. The Kier molecular flexibility index (Phi) is 7.23. The van der Waals surface area contributed by atoms with Gasteiger partial charge in [-0.2, -0.15) is 0 Å². The highest BCUT2D eigenvalue weighted by molar-refractivity contribution is 5.81. The van der Waals surface area contributed by atoms with Crippen molar-refractivity contribution in [2.75, 3.05) is 31.6 Å². The first-order valence-corrected chi connectivity index (χ1v) is 7.72. The van der Waals surface area contributed by atoms with E-state index in [-0.39, 0.29) is 5.91 Å². The van der Waals surface area contributed by atoms with Crippen molar-refractivity contribution in [3.05, 3.63) is 29.3 Å². The Morgan fingerprint density at radius 1 is 1.33 bits per heavy atom. The van der Waals surface area contributed by atoms with Gasteiger partial charge in [0.2, 0.25) is 5.91 Å². The maximum absolute atomic E-state index is 11.9. The van der Waals surface area contributed by atoms with Crippen LogP contribution in [0.25, 0.3) is 0 Å². The van der Waals surface area contributed by atoms with Gasteiger partial charge in [0, 0.05) is 25.8 Å². The van der Waals surface area contributed by atoms with Crippen LogP contribution >= 0.6 is 0 Å². The second-order valence-electron chi connectivity index (χ2n) is 5.96. The summed E-state index contributed by atoms with van der Waals surface area (Å²) in [5, 5.41) is 6.27. The average molecular weight is 291 g/mol. The Hall–Kier alpha value is -1.55. The summed E-state index contributed by atoms with van der Waals surface area (Å²) in [6.45, 7) is 11.4. The molecule has 1 aromatic rings. The van der Waals surface area contributed by atoms with Crippen LogP contribution in [0.3, 0.4) is 0 Å². The van der Waals surface area contributed by atoms with Crippen molar-refractivity contribution in [2.24, 2.45) is 5.92 Å². The lowest BCUT2D eigenvalue weighted by Gasteiger charge is -2.22. The molecule has 0 saturated heterocycles. The van der Waals surface area contributed by atoms with E-state index in [0.717, 1.165) is 25.3 Å². The Labute approximate surface area is 128 Å². The highest BCUT2D eigenvalue weighted by atomic mass is 16.2. The lowest BCUT2D eigenvalue weighted by Crippen LogP contribution is -2.37. The van der Waals surface area contributed by atoms with Gasteiger partial charge in [-0.1, -0.05) is 32.9 Å². The number of amides is 1. The van der Waals surface area contributed by atoms with Crippen molar-refractivity contribution < 1.29 is 4.79 Å². The minimum Gasteiger partial charge on any atom is -0.365 e. The molecule has 0 atom stereocenters. The molecule has 0 aromatic heterocycles. The number of nitrogens with zero attached hydrogens (tertiary/aromatic N) is 1. The van der Waals surface area contributed by atoms with Gasteiger partial charge in [0.05, 0.1) is 6.54 Å². The first-order valence-electron chi connectivity index (χ1n) is 7.72. The Morgan fingerprint density at radius 2 is 2.05 bits per heavy atom. The van der Waals surface area contributed by atoms with Crippen molar-refractivity contribution in [3.8, 4) is 0 Å². The molecule has 118 valence electrons. The number of hydrogen-bond acceptors (Lipinski definition) is 3. The second-order valence-corrected chi connectivity index (χ2v) is 5.96. The predicted molar refractivity (Wildman–Crippen MR) is 89.7 cm³/mol. The molecule has 0 aliphatic heterocycles. The monoisotopic (exact) mass is 291 g/mol. The summed E-state index contributed by atoms with van der Waals surface area (Å²) < 4.78 is 0. The number of benzene rings is 1. The molecular weight excluding hydrogens is 262 g/mol. The Morgan fingerprint density at radius 3 is 2.62 bits per heavy atom. The first-order chi connectivity index (χ1) is 9.93.